The van der Waals surface area contributed by atoms with Gasteiger partial charge in [-0.3, -0.25) is 4.79 Å². The van der Waals surface area contributed by atoms with Crippen LogP contribution in [-0.2, 0) is 4.79 Å². The first-order valence-electron chi connectivity index (χ1n) is 1.93. The van der Waals surface area contributed by atoms with Crippen molar-refractivity contribution in [2.75, 3.05) is 6.80 Å². The minimum atomic E-state index is -0.796. The van der Waals surface area contributed by atoms with E-state index in [1.165, 1.54) is 0 Å². The van der Waals surface area contributed by atoms with Crippen molar-refractivity contribution >= 4 is 12.2 Å². The molecule has 0 atom stereocenters. The van der Waals surface area contributed by atoms with Crippen LogP contribution in [-0.4, -0.2) is 23.9 Å². The number of alkyl halides is 1. The van der Waals surface area contributed by atoms with Gasteiger partial charge < -0.3 is 4.90 Å². The molecule has 1 aliphatic rings. The molecule has 1 amide bonds. The number of carbonyl (C=O) groups excluding carboxylic acids is 1. The monoisotopic (exact) mass is 113 g/mol. The summed E-state index contributed by atoms with van der Waals surface area (Å²) in [5.41, 5.74) is 0. The van der Waals surface area contributed by atoms with E-state index in [2.05, 4.69) is 11.3 Å². The lowest BCUT2D eigenvalue weighted by molar-refractivity contribution is -0.115. The molecule has 0 bridgehead atoms. The van der Waals surface area contributed by atoms with Crippen molar-refractivity contribution in [2.24, 2.45) is 4.99 Å². The third kappa shape index (κ3) is 0.828. The van der Waals surface area contributed by atoms with Crippen LogP contribution >= 0.6 is 0 Å². The van der Waals surface area contributed by atoms with E-state index < -0.39 is 12.7 Å². The Hall–Kier alpha value is -0.930. The third-order valence-electron chi connectivity index (χ3n) is 0.622. The van der Waals surface area contributed by atoms with E-state index in [1.54, 1.807) is 0 Å². The van der Waals surface area contributed by atoms with Crippen molar-refractivity contribution in [1.82, 2.24) is 4.90 Å². The lowest BCUT2D eigenvalue weighted by Gasteiger charge is -1.99. The van der Waals surface area contributed by atoms with Gasteiger partial charge in [0.2, 0.25) is 0 Å². The molecule has 0 aromatic heterocycles. The predicted molar refractivity (Wildman–Crippen MR) is 23.5 cm³/mol. The molecule has 3 nitrogen and oxygen atoms in total. The molecule has 1 heterocycles. The van der Waals surface area contributed by atoms with E-state index in [0.717, 1.165) is 4.90 Å². The highest BCUT2D eigenvalue weighted by atomic mass is 19.1. The first-order valence-corrected chi connectivity index (χ1v) is 1.93. The molecule has 3 radical (unpaired) electrons. The molecule has 0 saturated heterocycles. The van der Waals surface area contributed by atoms with E-state index in [-0.39, 0.29) is 0 Å². The summed E-state index contributed by atoms with van der Waals surface area (Å²) in [5.74, 6) is -0.581. The Bertz CT molecular complexity index is 134. The van der Waals surface area contributed by atoms with E-state index in [4.69, 9.17) is 0 Å². The van der Waals surface area contributed by atoms with Crippen molar-refractivity contribution in [2.45, 2.75) is 0 Å². The highest BCUT2D eigenvalue weighted by molar-refractivity contribution is 5.96. The second-order valence-corrected chi connectivity index (χ2v) is 1.18. The number of halogens is 1. The maximum Gasteiger partial charge on any atom is 0.280 e. The van der Waals surface area contributed by atoms with Crippen LogP contribution < -0.4 is 0 Å². The second-order valence-electron chi connectivity index (χ2n) is 1.18. The summed E-state index contributed by atoms with van der Waals surface area (Å²) in [7, 11) is 0. The van der Waals surface area contributed by atoms with Crippen molar-refractivity contribution in [1.29, 1.82) is 0 Å². The zero-order valence-corrected chi connectivity index (χ0v) is 3.89. The zero-order chi connectivity index (χ0) is 5.98. The molecule has 1 rings (SSSR count). The number of rotatable bonds is 1. The lowest BCUT2D eigenvalue weighted by atomic mass is 10.6. The van der Waals surface area contributed by atoms with Crippen molar-refractivity contribution in [3.05, 3.63) is 6.54 Å². The van der Waals surface area contributed by atoms with Gasteiger partial charge in [0.05, 0.1) is 0 Å². The molecule has 0 saturated carbocycles. The smallest absolute Gasteiger partial charge is 0.280 e. The summed E-state index contributed by atoms with van der Waals surface area (Å²) >= 11 is 0. The summed E-state index contributed by atoms with van der Waals surface area (Å²) < 4.78 is 11.5. The van der Waals surface area contributed by atoms with E-state index >= 15 is 0 Å². The molecule has 8 heavy (non-hydrogen) atoms. The molecule has 0 spiro atoms. The summed E-state index contributed by atoms with van der Waals surface area (Å²) in [5, 5.41) is 0. The minimum Gasteiger partial charge on any atom is -0.305 e. The van der Waals surface area contributed by atoms with Crippen molar-refractivity contribution < 1.29 is 9.18 Å². The van der Waals surface area contributed by atoms with Crippen LogP contribution in [0.5, 0.6) is 0 Å². The van der Waals surface area contributed by atoms with Gasteiger partial charge in [0.1, 0.15) is 0 Å². The fraction of sp³-hybridized carbons (Fsp3) is 0.250. The predicted octanol–water partition coefficient (Wildman–Crippen LogP) is -0.300. The minimum absolute atomic E-state index is 0.581. The van der Waals surface area contributed by atoms with Crippen LogP contribution in [0.4, 0.5) is 4.39 Å². The average molecular weight is 113 g/mol. The van der Waals surface area contributed by atoms with Crippen LogP contribution in [0.2, 0.25) is 0 Å². The van der Waals surface area contributed by atoms with Gasteiger partial charge in [0.15, 0.2) is 19.7 Å². The molecule has 0 fully saturated rings. The van der Waals surface area contributed by atoms with Gasteiger partial charge in [0.25, 0.3) is 5.91 Å². The Labute approximate surface area is 45.8 Å². The van der Waals surface area contributed by atoms with Crippen LogP contribution in [0.25, 0.3) is 0 Å². The van der Waals surface area contributed by atoms with Gasteiger partial charge in [-0.15, -0.1) is 0 Å². The maximum absolute atomic E-state index is 11.5. The number of aliphatic imine (C=N–C) groups is 1. The number of amides is 1. The fourth-order valence-electron chi connectivity index (χ4n) is 0.328. The van der Waals surface area contributed by atoms with Crippen LogP contribution in [0.3, 0.4) is 0 Å². The second kappa shape index (κ2) is 1.90. The molecule has 0 aromatic rings. The quantitative estimate of drug-likeness (QED) is 0.437. The Morgan fingerprint density at radius 1 is 1.88 bits per heavy atom. The van der Waals surface area contributed by atoms with Gasteiger partial charge in [-0.1, -0.05) is 0 Å². The summed E-state index contributed by atoms with van der Waals surface area (Å²) in [6, 6.07) is 0. The van der Waals surface area contributed by atoms with Gasteiger partial charge in [-0.05, 0) is 0 Å². The topological polar surface area (TPSA) is 32.7 Å². The largest absolute Gasteiger partial charge is 0.305 e. The number of hydrogen-bond acceptors (Lipinski definition) is 2. The van der Waals surface area contributed by atoms with Gasteiger partial charge in [0, 0.05) is 0 Å². The molecule has 41 valence electrons. The highest BCUT2D eigenvalue weighted by Crippen LogP contribution is 1.98. The number of hydrogen-bond donors (Lipinski definition) is 0. The van der Waals surface area contributed by atoms with Crippen LogP contribution in [0, 0.1) is 6.54 Å². The molecule has 0 aromatic carbocycles. The van der Waals surface area contributed by atoms with Crippen molar-refractivity contribution in [3.8, 4) is 0 Å². The molecule has 0 N–H and O–H groups in total. The van der Waals surface area contributed by atoms with E-state index in [0.29, 0.717) is 0 Å². The molecule has 4 heteroatoms. The highest BCUT2D eigenvalue weighted by Gasteiger charge is 2.15. The van der Waals surface area contributed by atoms with Gasteiger partial charge in [-0.2, -0.15) is 4.99 Å². The summed E-state index contributed by atoms with van der Waals surface area (Å²) in [6.07, 6.45) is 2.08. The molecule has 1 aliphatic heterocycles. The Morgan fingerprint density at radius 2 is 2.62 bits per heavy atom. The normalized spacial score (nSPS) is 18.1. The SMILES string of the molecule is O=C1[C]N(CF)[C]=N1. The lowest BCUT2D eigenvalue weighted by Crippen LogP contribution is -2.13. The fourth-order valence-corrected chi connectivity index (χ4v) is 0.328. The van der Waals surface area contributed by atoms with Crippen LogP contribution in [0.15, 0.2) is 4.99 Å². The number of carbonyl (C=O) groups is 1. The Morgan fingerprint density at radius 3 is 2.88 bits per heavy atom. The first kappa shape index (κ1) is 5.21. The average Bonchev–Trinajstić information content (AvgIpc) is 2.14. The molecule has 0 aliphatic carbocycles. The molecular weight excluding hydrogens is 111 g/mol. The Kier molecular flexibility index (Phi) is 1.24. The van der Waals surface area contributed by atoms with E-state index in [9.17, 15) is 9.18 Å². The van der Waals surface area contributed by atoms with E-state index in [1.807, 2.05) is 6.54 Å². The Balaban J connectivity index is 2.46. The van der Waals surface area contributed by atoms with Gasteiger partial charge >= 0.3 is 0 Å². The zero-order valence-electron chi connectivity index (χ0n) is 3.89. The standard InChI is InChI=1S/C4H2FN2O/c5-2-7-1-4(8)6-3-7/h2H2. The molecule has 0 unspecified atom stereocenters. The summed E-state index contributed by atoms with van der Waals surface area (Å²) in [6.45, 7) is 1.25. The number of nitrogens with zero attached hydrogens (tertiary/aromatic N) is 2. The van der Waals surface area contributed by atoms with Crippen LogP contribution in [0.1, 0.15) is 0 Å². The maximum atomic E-state index is 11.5. The summed E-state index contributed by atoms with van der Waals surface area (Å²) in [4.78, 5) is 14.0. The molecular formula is C4H2FN2O. The third-order valence-corrected chi connectivity index (χ3v) is 0.622. The first-order chi connectivity index (χ1) is 3.83. The van der Waals surface area contributed by atoms with Gasteiger partial charge in [-0.25, -0.2) is 4.39 Å². The van der Waals surface area contributed by atoms with Crippen molar-refractivity contribution in [3.63, 3.8) is 0 Å².